The lowest BCUT2D eigenvalue weighted by Crippen LogP contribution is -2.31. The van der Waals surface area contributed by atoms with Gasteiger partial charge in [-0.25, -0.2) is 9.97 Å². The van der Waals surface area contributed by atoms with E-state index < -0.39 is 0 Å². The number of carbonyl (C=O) groups is 1. The van der Waals surface area contributed by atoms with Crippen molar-refractivity contribution in [1.29, 1.82) is 0 Å². The van der Waals surface area contributed by atoms with Crippen LogP contribution in [0.2, 0.25) is 0 Å². The summed E-state index contributed by atoms with van der Waals surface area (Å²) in [4.78, 5) is 20.2. The molecule has 0 radical (unpaired) electrons. The van der Waals surface area contributed by atoms with Crippen molar-refractivity contribution in [2.75, 3.05) is 24.2 Å². The zero-order valence-electron chi connectivity index (χ0n) is 12.1. The van der Waals surface area contributed by atoms with Gasteiger partial charge in [-0.1, -0.05) is 6.92 Å². The largest absolute Gasteiger partial charge is 0.373 e. The Hall–Kier alpha value is -1.85. The first-order valence-corrected chi connectivity index (χ1v) is 6.64. The van der Waals surface area contributed by atoms with Crippen LogP contribution < -0.4 is 16.0 Å². The predicted octanol–water partition coefficient (Wildman–Crippen LogP) is 1.41. The quantitative estimate of drug-likeness (QED) is 0.694. The topological polar surface area (TPSA) is 78.9 Å². The molecular weight excluding hydrogens is 242 g/mol. The van der Waals surface area contributed by atoms with Gasteiger partial charge in [0.05, 0.1) is 0 Å². The lowest BCUT2D eigenvalue weighted by atomic mass is 10.3. The molecule has 1 aromatic heterocycles. The Morgan fingerprint density at radius 3 is 2.58 bits per heavy atom. The lowest BCUT2D eigenvalue weighted by Gasteiger charge is -2.10. The fourth-order valence-corrected chi connectivity index (χ4v) is 1.57. The van der Waals surface area contributed by atoms with Crippen molar-refractivity contribution in [3.8, 4) is 0 Å². The fourth-order valence-electron chi connectivity index (χ4n) is 1.57. The molecule has 0 saturated carbocycles. The van der Waals surface area contributed by atoms with Crippen molar-refractivity contribution in [3.05, 3.63) is 11.9 Å². The molecule has 0 aliphatic heterocycles. The van der Waals surface area contributed by atoms with Crippen LogP contribution in [0.4, 0.5) is 11.6 Å². The second-order valence-corrected chi connectivity index (χ2v) is 4.56. The minimum atomic E-state index is 0.0427. The van der Waals surface area contributed by atoms with Gasteiger partial charge >= 0.3 is 0 Å². The van der Waals surface area contributed by atoms with Gasteiger partial charge in [-0.3, -0.25) is 4.79 Å². The Labute approximate surface area is 114 Å². The Kier molecular flexibility index (Phi) is 6.05. The van der Waals surface area contributed by atoms with Crippen molar-refractivity contribution < 1.29 is 4.79 Å². The number of nitrogens with zero attached hydrogens (tertiary/aromatic N) is 2. The molecule has 0 unspecified atom stereocenters. The van der Waals surface area contributed by atoms with Crippen molar-refractivity contribution >= 4 is 17.5 Å². The van der Waals surface area contributed by atoms with E-state index in [1.807, 2.05) is 33.9 Å². The number of hydrogen-bond donors (Lipinski definition) is 3. The zero-order chi connectivity index (χ0) is 14.3. The highest BCUT2D eigenvalue weighted by molar-refractivity contribution is 5.76. The summed E-state index contributed by atoms with van der Waals surface area (Å²) in [6.07, 6.45) is 1.20. The van der Waals surface area contributed by atoms with Gasteiger partial charge < -0.3 is 16.0 Å². The van der Waals surface area contributed by atoms with Crippen LogP contribution in [-0.4, -0.2) is 35.5 Å². The second-order valence-electron chi connectivity index (χ2n) is 4.56. The summed E-state index contributed by atoms with van der Waals surface area (Å²) < 4.78 is 0. The van der Waals surface area contributed by atoms with Crippen LogP contribution in [0.1, 0.15) is 33.0 Å². The van der Waals surface area contributed by atoms with Gasteiger partial charge in [0.15, 0.2) is 0 Å². The molecule has 0 bridgehead atoms. The van der Waals surface area contributed by atoms with Crippen LogP contribution in [0.5, 0.6) is 0 Å². The van der Waals surface area contributed by atoms with Crippen molar-refractivity contribution in [3.63, 3.8) is 0 Å². The SMILES string of the molecule is CCc1nc(NC)cc(NCCC(=O)NC(C)C)n1. The molecule has 0 aliphatic rings. The molecule has 106 valence electrons. The number of hydrogen-bond acceptors (Lipinski definition) is 5. The van der Waals surface area contributed by atoms with E-state index in [4.69, 9.17) is 0 Å². The van der Waals surface area contributed by atoms with Crippen LogP contribution >= 0.6 is 0 Å². The van der Waals surface area contributed by atoms with E-state index in [9.17, 15) is 4.79 Å². The molecule has 0 aromatic carbocycles. The maximum atomic E-state index is 11.5. The Balaban J connectivity index is 2.50. The summed E-state index contributed by atoms with van der Waals surface area (Å²) in [5.41, 5.74) is 0. The van der Waals surface area contributed by atoms with Crippen LogP contribution in [0.15, 0.2) is 6.07 Å². The molecule has 3 N–H and O–H groups in total. The molecule has 1 heterocycles. The van der Waals surface area contributed by atoms with Crippen molar-refractivity contribution in [2.45, 2.75) is 39.7 Å². The minimum Gasteiger partial charge on any atom is -0.373 e. The number of amides is 1. The molecular formula is C13H23N5O. The Bertz CT molecular complexity index is 397. The number of aryl methyl sites for hydroxylation is 1. The van der Waals surface area contributed by atoms with Gasteiger partial charge in [-0.05, 0) is 13.8 Å². The summed E-state index contributed by atoms with van der Waals surface area (Å²) in [6, 6.07) is 2.01. The highest BCUT2D eigenvalue weighted by Crippen LogP contribution is 2.11. The first kappa shape index (κ1) is 15.2. The predicted molar refractivity (Wildman–Crippen MR) is 77.3 cm³/mol. The summed E-state index contributed by atoms with van der Waals surface area (Å²) in [7, 11) is 1.82. The first-order chi connectivity index (χ1) is 9.05. The summed E-state index contributed by atoms with van der Waals surface area (Å²) in [6.45, 7) is 6.46. The van der Waals surface area contributed by atoms with Crippen LogP contribution in [0.3, 0.4) is 0 Å². The fraction of sp³-hybridized carbons (Fsp3) is 0.615. The Morgan fingerprint density at radius 1 is 1.32 bits per heavy atom. The molecule has 19 heavy (non-hydrogen) atoms. The molecule has 0 fully saturated rings. The average Bonchev–Trinajstić information content (AvgIpc) is 2.37. The third-order valence-corrected chi connectivity index (χ3v) is 2.45. The third-order valence-electron chi connectivity index (χ3n) is 2.45. The zero-order valence-corrected chi connectivity index (χ0v) is 12.1. The van der Waals surface area contributed by atoms with Gasteiger partial charge in [-0.15, -0.1) is 0 Å². The van der Waals surface area contributed by atoms with Crippen LogP contribution in [0.25, 0.3) is 0 Å². The molecule has 0 spiro atoms. The van der Waals surface area contributed by atoms with E-state index in [1.54, 1.807) is 0 Å². The van der Waals surface area contributed by atoms with E-state index >= 15 is 0 Å². The van der Waals surface area contributed by atoms with Crippen molar-refractivity contribution in [2.24, 2.45) is 0 Å². The number of carbonyl (C=O) groups excluding carboxylic acids is 1. The third kappa shape index (κ3) is 5.54. The normalized spacial score (nSPS) is 10.4. The van der Waals surface area contributed by atoms with E-state index in [0.717, 1.165) is 23.9 Å². The van der Waals surface area contributed by atoms with E-state index in [1.165, 1.54) is 0 Å². The highest BCUT2D eigenvalue weighted by atomic mass is 16.1. The molecule has 1 amide bonds. The monoisotopic (exact) mass is 265 g/mol. The van der Waals surface area contributed by atoms with E-state index in [-0.39, 0.29) is 11.9 Å². The first-order valence-electron chi connectivity index (χ1n) is 6.64. The van der Waals surface area contributed by atoms with E-state index in [0.29, 0.717) is 13.0 Å². The standard InChI is InChI=1S/C13H23N5O/c1-5-10-17-11(14-4)8-12(18-10)15-7-6-13(19)16-9(2)3/h8-9H,5-7H2,1-4H3,(H,16,19)(H2,14,15,17,18). The highest BCUT2D eigenvalue weighted by Gasteiger charge is 2.05. The van der Waals surface area contributed by atoms with E-state index in [2.05, 4.69) is 25.9 Å². The number of rotatable bonds is 7. The number of anilines is 2. The smallest absolute Gasteiger partial charge is 0.221 e. The van der Waals surface area contributed by atoms with Gasteiger partial charge in [-0.2, -0.15) is 0 Å². The maximum Gasteiger partial charge on any atom is 0.221 e. The maximum absolute atomic E-state index is 11.5. The van der Waals surface area contributed by atoms with Crippen molar-refractivity contribution in [1.82, 2.24) is 15.3 Å². The molecule has 1 rings (SSSR count). The molecule has 0 aliphatic carbocycles. The molecule has 6 heteroatoms. The average molecular weight is 265 g/mol. The summed E-state index contributed by atoms with van der Waals surface area (Å²) in [5.74, 6) is 2.34. The lowest BCUT2D eigenvalue weighted by molar-refractivity contribution is -0.121. The number of aromatic nitrogens is 2. The van der Waals surface area contributed by atoms with Crippen LogP contribution in [-0.2, 0) is 11.2 Å². The van der Waals surface area contributed by atoms with Crippen LogP contribution in [0, 0.1) is 0 Å². The van der Waals surface area contributed by atoms with Gasteiger partial charge in [0.1, 0.15) is 17.5 Å². The van der Waals surface area contributed by atoms with Gasteiger partial charge in [0, 0.05) is 38.5 Å². The number of nitrogens with one attached hydrogen (secondary N) is 3. The van der Waals surface area contributed by atoms with Gasteiger partial charge in [0.25, 0.3) is 0 Å². The summed E-state index contributed by atoms with van der Waals surface area (Å²) in [5, 5.41) is 8.99. The summed E-state index contributed by atoms with van der Waals surface area (Å²) >= 11 is 0. The van der Waals surface area contributed by atoms with Gasteiger partial charge in [0.2, 0.25) is 5.91 Å². The minimum absolute atomic E-state index is 0.0427. The molecule has 6 nitrogen and oxygen atoms in total. The molecule has 0 atom stereocenters. The molecule has 1 aromatic rings. The second kappa shape index (κ2) is 7.56. The molecule has 0 saturated heterocycles. The Morgan fingerprint density at radius 2 is 2.00 bits per heavy atom.